The van der Waals surface area contributed by atoms with Gasteiger partial charge < -0.3 is 24.6 Å². The highest BCUT2D eigenvalue weighted by Crippen LogP contribution is 2.30. The predicted octanol–water partition coefficient (Wildman–Crippen LogP) is 3.55. The van der Waals surface area contributed by atoms with E-state index < -0.39 is 0 Å². The van der Waals surface area contributed by atoms with Crippen LogP contribution in [0.25, 0.3) is 17.5 Å². The van der Waals surface area contributed by atoms with Crippen molar-refractivity contribution in [3.63, 3.8) is 0 Å². The maximum absolute atomic E-state index is 13.0. The minimum atomic E-state index is 0.0628. The van der Waals surface area contributed by atoms with Crippen molar-refractivity contribution in [2.75, 3.05) is 51.8 Å². The van der Waals surface area contributed by atoms with Gasteiger partial charge in [-0.25, -0.2) is 9.97 Å². The fraction of sp³-hybridized carbons (Fsp3) is 0.379. The van der Waals surface area contributed by atoms with Gasteiger partial charge in [0.1, 0.15) is 11.9 Å². The van der Waals surface area contributed by atoms with Gasteiger partial charge in [-0.05, 0) is 61.4 Å². The number of pyridine rings is 1. The molecule has 1 aliphatic carbocycles. The molecule has 2 fully saturated rings. The van der Waals surface area contributed by atoms with Crippen LogP contribution in [0.4, 0.5) is 11.6 Å². The molecule has 4 heterocycles. The predicted molar refractivity (Wildman–Crippen MR) is 145 cm³/mol. The summed E-state index contributed by atoms with van der Waals surface area (Å²) in [6, 6.07) is 11.7. The third-order valence-electron chi connectivity index (χ3n) is 7.25. The van der Waals surface area contributed by atoms with Crippen LogP contribution in [0.5, 0.6) is 5.75 Å². The van der Waals surface area contributed by atoms with Gasteiger partial charge in [0.2, 0.25) is 11.9 Å². The van der Waals surface area contributed by atoms with E-state index in [-0.39, 0.29) is 12.0 Å². The van der Waals surface area contributed by atoms with Crippen LogP contribution in [-0.2, 0) is 16.0 Å². The Labute approximate surface area is 222 Å². The number of rotatable bonds is 6. The summed E-state index contributed by atoms with van der Waals surface area (Å²) in [5.41, 5.74) is 5.36. The molecule has 3 aliphatic rings. The second-order valence-corrected chi connectivity index (χ2v) is 10.1. The van der Waals surface area contributed by atoms with Gasteiger partial charge in [0, 0.05) is 68.9 Å². The summed E-state index contributed by atoms with van der Waals surface area (Å²) in [7, 11) is 2.09. The van der Waals surface area contributed by atoms with E-state index in [0.29, 0.717) is 30.4 Å². The smallest absolute Gasteiger partial charge is 0.250 e. The molecule has 1 N–H and O–H groups in total. The SMILES string of the molecule is CN1CCN(C(=O)C2=Cc3cc(Nc4nccc(-c5cc(OC6CCCOC6)ccn5)n4)ccc3C2)CC1. The van der Waals surface area contributed by atoms with Gasteiger partial charge in [0.15, 0.2) is 0 Å². The molecule has 2 aliphatic heterocycles. The number of likely N-dealkylation sites (N-methyl/N-ethyl adjacent to an activating group) is 1. The first-order valence-corrected chi connectivity index (χ1v) is 13.2. The van der Waals surface area contributed by atoms with E-state index in [2.05, 4.69) is 44.3 Å². The van der Waals surface area contributed by atoms with Crippen LogP contribution in [0.3, 0.4) is 0 Å². The van der Waals surface area contributed by atoms with Crippen molar-refractivity contribution < 1.29 is 14.3 Å². The Hall–Kier alpha value is -3.82. The highest BCUT2D eigenvalue weighted by Gasteiger charge is 2.25. The number of hydrogen-bond donors (Lipinski definition) is 1. The third kappa shape index (κ3) is 5.54. The number of nitrogens with one attached hydrogen (secondary N) is 1. The van der Waals surface area contributed by atoms with Crippen molar-refractivity contribution in [2.45, 2.75) is 25.4 Å². The number of ether oxygens (including phenoxy) is 2. The topological polar surface area (TPSA) is 92.7 Å². The van der Waals surface area contributed by atoms with Crippen molar-refractivity contribution in [1.29, 1.82) is 0 Å². The third-order valence-corrected chi connectivity index (χ3v) is 7.25. The van der Waals surface area contributed by atoms with E-state index in [4.69, 9.17) is 9.47 Å². The fourth-order valence-electron chi connectivity index (χ4n) is 5.07. The zero-order valence-electron chi connectivity index (χ0n) is 21.6. The van der Waals surface area contributed by atoms with Crippen molar-refractivity contribution in [3.8, 4) is 17.1 Å². The van der Waals surface area contributed by atoms with E-state index in [9.17, 15) is 4.79 Å². The number of anilines is 2. The molecule has 2 saturated heterocycles. The van der Waals surface area contributed by atoms with E-state index >= 15 is 0 Å². The molecule has 0 spiro atoms. The Balaban J connectivity index is 1.14. The van der Waals surface area contributed by atoms with Gasteiger partial charge in [0.05, 0.1) is 18.0 Å². The van der Waals surface area contributed by atoms with Crippen LogP contribution in [0.1, 0.15) is 24.0 Å². The highest BCUT2D eigenvalue weighted by molar-refractivity contribution is 6.00. The molecule has 2 aromatic heterocycles. The van der Waals surface area contributed by atoms with Gasteiger partial charge in [-0.3, -0.25) is 9.78 Å². The first-order chi connectivity index (χ1) is 18.6. The van der Waals surface area contributed by atoms with Gasteiger partial charge in [-0.1, -0.05) is 6.07 Å². The summed E-state index contributed by atoms with van der Waals surface area (Å²) < 4.78 is 11.6. The number of carbonyl (C=O) groups excluding carboxylic acids is 1. The number of nitrogens with zero attached hydrogens (tertiary/aromatic N) is 5. The lowest BCUT2D eigenvalue weighted by Gasteiger charge is -2.32. The molecule has 6 rings (SSSR count). The summed E-state index contributed by atoms with van der Waals surface area (Å²) >= 11 is 0. The van der Waals surface area contributed by atoms with Crippen LogP contribution in [-0.4, -0.2) is 83.2 Å². The number of piperazine rings is 1. The number of benzene rings is 1. The standard InChI is InChI=1S/C29H32N6O3/c1-34-10-12-35(13-11-34)28(36)22-15-20-4-5-23(17-21(20)16-22)32-29-31-9-7-26(33-29)27-18-24(6-8-30-27)38-25-3-2-14-37-19-25/h4-9,16-18,25H,2-3,10-15,19H2,1H3,(H,31,32,33). The summed E-state index contributed by atoms with van der Waals surface area (Å²) in [5.74, 6) is 1.38. The molecule has 196 valence electrons. The molecule has 3 aromatic rings. The minimum absolute atomic E-state index is 0.0628. The molecule has 0 bridgehead atoms. The van der Waals surface area contributed by atoms with Crippen molar-refractivity contribution in [3.05, 3.63) is 65.5 Å². The lowest BCUT2D eigenvalue weighted by atomic mass is 10.1. The van der Waals surface area contributed by atoms with E-state index in [0.717, 1.165) is 73.8 Å². The molecule has 0 radical (unpaired) electrons. The van der Waals surface area contributed by atoms with Gasteiger partial charge in [-0.15, -0.1) is 0 Å². The number of amides is 1. The second-order valence-electron chi connectivity index (χ2n) is 10.1. The maximum atomic E-state index is 13.0. The Bertz CT molecular complexity index is 1350. The summed E-state index contributed by atoms with van der Waals surface area (Å²) in [4.78, 5) is 30.8. The largest absolute Gasteiger partial charge is 0.488 e. The fourth-order valence-corrected chi connectivity index (χ4v) is 5.07. The quantitative estimate of drug-likeness (QED) is 0.536. The molecule has 1 amide bonds. The molecule has 1 aromatic carbocycles. The van der Waals surface area contributed by atoms with Crippen LogP contribution in [0.15, 0.2) is 54.4 Å². The number of carbonyl (C=O) groups is 1. The number of fused-ring (bicyclic) bond motifs is 1. The van der Waals surface area contributed by atoms with E-state index in [1.54, 1.807) is 12.4 Å². The normalized spacial score (nSPS) is 19.6. The zero-order chi connectivity index (χ0) is 25.9. The van der Waals surface area contributed by atoms with E-state index in [1.165, 1.54) is 0 Å². The maximum Gasteiger partial charge on any atom is 0.250 e. The van der Waals surface area contributed by atoms with Gasteiger partial charge in [-0.2, -0.15) is 0 Å². The van der Waals surface area contributed by atoms with Crippen molar-refractivity contribution >= 4 is 23.6 Å². The average Bonchev–Trinajstić information content (AvgIpc) is 3.38. The molecule has 38 heavy (non-hydrogen) atoms. The monoisotopic (exact) mass is 512 g/mol. The molecular weight excluding hydrogens is 480 g/mol. The second kappa shape index (κ2) is 10.9. The Kier molecular flexibility index (Phi) is 7.02. The highest BCUT2D eigenvalue weighted by atomic mass is 16.5. The molecule has 9 heteroatoms. The van der Waals surface area contributed by atoms with Crippen molar-refractivity contribution in [1.82, 2.24) is 24.8 Å². The molecule has 1 unspecified atom stereocenters. The summed E-state index contributed by atoms with van der Waals surface area (Å²) in [6.07, 6.45) is 8.20. The number of hydrogen-bond acceptors (Lipinski definition) is 8. The Morgan fingerprint density at radius 3 is 2.76 bits per heavy atom. The Morgan fingerprint density at radius 1 is 1.05 bits per heavy atom. The average molecular weight is 513 g/mol. The number of aromatic nitrogens is 3. The van der Waals surface area contributed by atoms with Gasteiger partial charge >= 0.3 is 0 Å². The van der Waals surface area contributed by atoms with Gasteiger partial charge in [0.25, 0.3) is 0 Å². The van der Waals surface area contributed by atoms with E-state index in [1.807, 2.05) is 35.2 Å². The molecule has 0 saturated carbocycles. The zero-order valence-corrected chi connectivity index (χ0v) is 21.6. The van der Waals surface area contributed by atoms with Crippen LogP contribution in [0.2, 0.25) is 0 Å². The van der Waals surface area contributed by atoms with Crippen molar-refractivity contribution in [2.24, 2.45) is 0 Å². The first kappa shape index (κ1) is 24.5. The van der Waals surface area contributed by atoms with Crippen LogP contribution in [0, 0.1) is 0 Å². The van der Waals surface area contributed by atoms with Crippen LogP contribution >= 0.6 is 0 Å². The summed E-state index contributed by atoms with van der Waals surface area (Å²) in [6.45, 7) is 4.81. The lowest BCUT2D eigenvalue weighted by Crippen LogP contribution is -2.47. The summed E-state index contributed by atoms with van der Waals surface area (Å²) in [5, 5.41) is 3.31. The first-order valence-electron chi connectivity index (χ1n) is 13.2. The minimum Gasteiger partial charge on any atom is -0.488 e. The lowest BCUT2D eigenvalue weighted by molar-refractivity contribution is -0.128. The Morgan fingerprint density at radius 2 is 1.92 bits per heavy atom. The molecule has 9 nitrogen and oxygen atoms in total. The van der Waals surface area contributed by atoms with Crippen LogP contribution < -0.4 is 10.1 Å². The molecular formula is C29H32N6O3. The molecule has 1 atom stereocenters.